The number of fused-ring (bicyclic) bond motifs is 1. The number of hydrogen-bond donors (Lipinski definition) is 3. The normalized spacial score (nSPS) is 11.5. The first kappa shape index (κ1) is 17.8. The average Bonchev–Trinajstić information content (AvgIpc) is 3.12. The van der Waals surface area contributed by atoms with E-state index in [2.05, 4.69) is 20.5 Å². The Morgan fingerprint density at radius 3 is 2.50 bits per heavy atom. The number of benzene rings is 2. The standard InChI is InChI=1S/C19H15N5O3S/c20-28(26,27)15-6-4-14(5-7-15)22-19(25)18-16-10-12(3-8-17(16)23-24-18)13-2-1-9-21-11-13/h1-11H,(H,22,25)(H,23,24)(H2,20,26,27). The number of anilines is 1. The lowest BCUT2D eigenvalue weighted by Gasteiger charge is -2.05. The quantitative estimate of drug-likeness (QED) is 0.490. The van der Waals surface area contributed by atoms with Crippen LogP contribution in [-0.2, 0) is 10.0 Å². The molecule has 4 rings (SSSR count). The molecule has 2 aromatic heterocycles. The van der Waals surface area contributed by atoms with Gasteiger partial charge in [-0.3, -0.25) is 14.9 Å². The third kappa shape index (κ3) is 3.48. The van der Waals surface area contributed by atoms with Crippen molar-refractivity contribution in [1.29, 1.82) is 0 Å². The molecular weight excluding hydrogens is 378 g/mol. The van der Waals surface area contributed by atoms with Crippen molar-refractivity contribution in [1.82, 2.24) is 15.2 Å². The number of sulfonamides is 1. The number of aromatic amines is 1. The number of nitrogens with one attached hydrogen (secondary N) is 2. The molecule has 9 heteroatoms. The van der Waals surface area contributed by atoms with Crippen molar-refractivity contribution in [2.24, 2.45) is 5.14 Å². The second-order valence-electron chi connectivity index (χ2n) is 6.10. The van der Waals surface area contributed by atoms with E-state index in [1.807, 2.05) is 30.3 Å². The van der Waals surface area contributed by atoms with Crippen molar-refractivity contribution in [3.8, 4) is 11.1 Å². The van der Waals surface area contributed by atoms with E-state index in [1.165, 1.54) is 24.3 Å². The third-order valence-corrected chi connectivity index (χ3v) is 5.14. The molecule has 0 saturated carbocycles. The average molecular weight is 393 g/mol. The first-order valence-electron chi connectivity index (χ1n) is 8.24. The highest BCUT2D eigenvalue weighted by Gasteiger charge is 2.16. The predicted octanol–water partition coefficient (Wildman–Crippen LogP) is 2.52. The molecule has 0 bridgehead atoms. The molecule has 0 fully saturated rings. The molecule has 0 aliphatic rings. The SMILES string of the molecule is NS(=O)(=O)c1ccc(NC(=O)c2n[nH]c3ccc(-c4cccnc4)cc23)cc1. The van der Waals surface area contributed by atoms with Crippen LogP contribution >= 0.6 is 0 Å². The van der Waals surface area contributed by atoms with Gasteiger partial charge in [0.1, 0.15) is 0 Å². The highest BCUT2D eigenvalue weighted by Crippen LogP contribution is 2.25. The fourth-order valence-electron chi connectivity index (χ4n) is 2.82. The maximum absolute atomic E-state index is 12.7. The highest BCUT2D eigenvalue weighted by atomic mass is 32.2. The van der Waals surface area contributed by atoms with Gasteiger partial charge in [-0.15, -0.1) is 0 Å². The zero-order chi connectivity index (χ0) is 19.7. The van der Waals surface area contributed by atoms with Crippen LogP contribution in [0.25, 0.3) is 22.0 Å². The Morgan fingerprint density at radius 2 is 1.82 bits per heavy atom. The van der Waals surface area contributed by atoms with Crippen LogP contribution in [-0.4, -0.2) is 29.5 Å². The molecule has 140 valence electrons. The van der Waals surface area contributed by atoms with E-state index in [4.69, 9.17) is 5.14 Å². The molecule has 0 saturated heterocycles. The van der Waals surface area contributed by atoms with Gasteiger partial charge in [-0.05, 0) is 48.0 Å². The van der Waals surface area contributed by atoms with Crippen LogP contribution < -0.4 is 10.5 Å². The number of primary sulfonamides is 1. The summed E-state index contributed by atoms with van der Waals surface area (Å²) >= 11 is 0. The Balaban J connectivity index is 1.64. The smallest absolute Gasteiger partial charge is 0.276 e. The number of amides is 1. The van der Waals surface area contributed by atoms with Crippen LogP contribution in [0.4, 0.5) is 5.69 Å². The number of rotatable bonds is 4. The lowest BCUT2D eigenvalue weighted by atomic mass is 10.0. The number of hydrogen-bond acceptors (Lipinski definition) is 5. The first-order valence-corrected chi connectivity index (χ1v) is 9.79. The van der Waals surface area contributed by atoms with E-state index in [-0.39, 0.29) is 10.6 Å². The number of pyridine rings is 1. The summed E-state index contributed by atoms with van der Waals surface area (Å²) in [5, 5.41) is 15.4. The van der Waals surface area contributed by atoms with E-state index >= 15 is 0 Å². The summed E-state index contributed by atoms with van der Waals surface area (Å²) < 4.78 is 22.6. The molecule has 0 aliphatic heterocycles. The minimum absolute atomic E-state index is 0.0307. The molecule has 4 aromatic rings. The van der Waals surface area contributed by atoms with Crippen LogP contribution in [0.5, 0.6) is 0 Å². The summed E-state index contributed by atoms with van der Waals surface area (Å²) in [5.41, 5.74) is 3.22. The molecule has 0 aliphatic carbocycles. The minimum atomic E-state index is -3.79. The van der Waals surface area contributed by atoms with Crippen molar-refractivity contribution < 1.29 is 13.2 Å². The molecule has 0 radical (unpaired) electrons. The number of carbonyl (C=O) groups excluding carboxylic acids is 1. The van der Waals surface area contributed by atoms with E-state index < -0.39 is 15.9 Å². The van der Waals surface area contributed by atoms with Gasteiger partial charge in [0.2, 0.25) is 10.0 Å². The van der Waals surface area contributed by atoms with Gasteiger partial charge in [0.15, 0.2) is 5.69 Å². The summed E-state index contributed by atoms with van der Waals surface area (Å²) in [4.78, 5) is 16.8. The van der Waals surface area contributed by atoms with E-state index in [9.17, 15) is 13.2 Å². The summed E-state index contributed by atoms with van der Waals surface area (Å²) in [6.45, 7) is 0. The minimum Gasteiger partial charge on any atom is -0.321 e. The number of H-pyrrole nitrogens is 1. The molecular formula is C19H15N5O3S. The van der Waals surface area contributed by atoms with E-state index in [1.54, 1.807) is 12.4 Å². The molecule has 0 spiro atoms. The van der Waals surface area contributed by atoms with Crippen molar-refractivity contribution in [3.63, 3.8) is 0 Å². The van der Waals surface area contributed by atoms with Crippen LogP contribution in [0.1, 0.15) is 10.5 Å². The molecule has 28 heavy (non-hydrogen) atoms. The van der Waals surface area contributed by atoms with Gasteiger partial charge in [-0.25, -0.2) is 13.6 Å². The second-order valence-corrected chi connectivity index (χ2v) is 7.66. The lowest BCUT2D eigenvalue weighted by molar-refractivity contribution is 0.102. The molecule has 8 nitrogen and oxygen atoms in total. The topological polar surface area (TPSA) is 131 Å². The van der Waals surface area contributed by atoms with Crippen molar-refractivity contribution in [2.45, 2.75) is 4.90 Å². The molecule has 2 heterocycles. The fourth-order valence-corrected chi connectivity index (χ4v) is 3.33. The predicted molar refractivity (Wildman–Crippen MR) is 105 cm³/mol. The highest BCUT2D eigenvalue weighted by molar-refractivity contribution is 7.89. The monoisotopic (exact) mass is 393 g/mol. The van der Waals surface area contributed by atoms with Crippen LogP contribution in [0, 0.1) is 0 Å². The van der Waals surface area contributed by atoms with Crippen LogP contribution in [0.15, 0.2) is 71.9 Å². The summed E-state index contributed by atoms with van der Waals surface area (Å²) in [6.07, 6.45) is 3.44. The Kier molecular flexibility index (Phi) is 4.38. The van der Waals surface area contributed by atoms with Gasteiger partial charge in [0.25, 0.3) is 5.91 Å². The summed E-state index contributed by atoms with van der Waals surface area (Å²) in [7, 11) is -3.79. The Morgan fingerprint density at radius 1 is 1.04 bits per heavy atom. The fraction of sp³-hybridized carbons (Fsp3) is 0. The Bertz CT molecular complexity index is 1270. The lowest BCUT2D eigenvalue weighted by Crippen LogP contribution is -2.14. The van der Waals surface area contributed by atoms with Gasteiger partial charge in [0.05, 0.1) is 10.4 Å². The zero-order valence-corrected chi connectivity index (χ0v) is 15.3. The third-order valence-electron chi connectivity index (χ3n) is 4.21. The van der Waals surface area contributed by atoms with Crippen LogP contribution in [0.2, 0.25) is 0 Å². The first-order chi connectivity index (χ1) is 13.4. The van der Waals surface area contributed by atoms with E-state index in [0.717, 1.165) is 16.6 Å². The van der Waals surface area contributed by atoms with Gasteiger partial charge in [-0.1, -0.05) is 12.1 Å². The van der Waals surface area contributed by atoms with Crippen molar-refractivity contribution in [3.05, 3.63) is 72.7 Å². The number of nitrogens with two attached hydrogens (primary N) is 1. The second kappa shape index (κ2) is 6.87. The largest absolute Gasteiger partial charge is 0.321 e. The summed E-state index contributed by atoms with van der Waals surface area (Å²) in [5.74, 6) is -0.419. The van der Waals surface area contributed by atoms with Gasteiger partial charge in [-0.2, -0.15) is 5.10 Å². The van der Waals surface area contributed by atoms with Gasteiger partial charge in [0, 0.05) is 29.0 Å². The maximum Gasteiger partial charge on any atom is 0.276 e. The Hall–Kier alpha value is -3.56. The van der Waals surface area contributed by atoms with Crippen LogP contribution in [0.3, 0.4) is 0 Å². The number of aromatic nitrogens is 3. The molecule has 4 N–H and O–H groups in total. The molecule has 1 amide bonds. The maximum atomic E-state index is 12.7. The van der Waals surface area contributed by atoms with Crippen molar-refractivity contribution in [2.75, 3.05) is 5.32 Å². The van der Waals surface area contributed by atoms with Gasteiger partial charge >= 0.3 is 0 Å². The summed E-state index contributed by atoms with van der Waals surface area (Å²) in [6, 6.07) is 15.0. The van der Waals surface area contributed by atoms with Gasteiger partial charge < -0.3 is 5.32 Å². The zero-order valence-electron chi connectivity index (χ0n) is 14.5. The molecule has 0 unspecified atom stereocenters. The number of nitrogens with zero attached hydrogens (tertiary/aromatic N) is 2. The molecule has 0 atom stereocenters. The van der Waals surface area contributed by atoms with E-state index in [0.29, 0.717) is 11.1 Å². The number of carbonyl (C=O) groups is 1. The molecule has 2 aromatic carbocycles. The van der Waals surface area contributed by atoms with Crippen molar-refractivity contribution >= 4 is 32.5 Å². The Labute approximate surface area is 160 Å².